The monoisotopic (exact) mass is 272 g/mol. The van der Waals surface area contributed by atoms with Crippen molar-refractivity contribution < 1.29 is 5.11 Å². The third kappa shape index (κ3) is 2.12. The largest absolute Gasteiger partial charge is 0.784 e. The molecule has 98 valence electrons. The van der Waals surface area contributed by atoms with Crippen LogP contribution in [0.1, 0.15) is 29.5 Å². The highest BCUT2D eigenvalue weighted by Gasteiger charge is 2.28. The maximum atomic E-state index is 12.4. The van der Waals surface area contributed by atoms with Crippen LogP contribution in [0.2, 0.25) is 0 Å². The van der Waals surface area contributed by atoms with Crippen molar-refractivity contribution in [3.8, 4) is 5.75 Å². The molecule has 1 aliphatic heterocycles. The summed E-state index contributed by atoms with van der Waals surface area (Å²) in [7, 11) is 0. The summed E-state index contributed by atoms with van der Waals surface area (Å²) >= 11 is 1.49. The number of phenols is 1. The summed E-state index contributed by atoms with van der Waals surface area (Å²) in [5.41, 5.74) is 1.72. The molecule has 4 heteroatoms. The molecule has 0 aliphatic carbocycles. The van der Waals surface area contributed by atoms with Gasteiger partial charge >= 0.3 is 0 Å². The molecule has 2 unspecified atom stereocenters. The minimum atomic E-state index is -0.397. The lowest BCUT2D eigenvalue weighted by atomic mass is 10.1. The van der Waals surface area contributed by atoms with Crippen molar-refractivity contribution in [1.29, 1.82) is 0 Å². The maximum absolute atomic E-state index is 12.4. The van der Waals surface area contributed by atoms with Gasteiger partial charge in [0, 0.05) is 16.5 Å². The molecule has 0 saturated heterocycles. The summed E-state index contributed by atoms with van der Waals surface area (Å²) in [5, 5.41) is 23.0. The third-order valence-electron chi connectivity index (χ3n) is 3.42. The van der Waals surface area contributed by atoms with E-state index in [4.69, 9.17) is 0 Å². The average Bonchev–Trinajstić information content (AvgIpc) is 2.44. The number of benzene rings is 2. The fourth-order valence-corrected chi connectivity index (χ4v) is 3.73. The van der Waals surface area contributed by atoms with Crippen LogP contribution >= 0.6 is 11.8 Å². The summed E-state index contributed by atoms with van der Waals surface area (Å²) < 4.78 is 0. The molecule has 0 spiro atoms. The number of thioether (sulfide) groups is 1. The highest BCUT2D eigenvalue weighted by molar-refractivity contribution is 7.99. The van der Waals surface area contributed by atoms with E-state index in [-0.39, 0.29) is 11.8 Å². The maximum Gasteiger partial charge on any atom is 0.121 e. The predicted molar refractivity (Wildman–Crippen MR) is 76.8 cm³/mol. The zero-order chi connectivity index (χ0) is 13.4. The van der Waals surface area contributed by atoms with Crippen LogP contribution in [0.4, 0.5) is 0 Å². The fourth-order valence-electron chi connectivity index (χ4n) is 2.34. The van der Waals surface area contributed by atoms with Crippen LogP contribution in [0.25, 0.3) is 0 Å². The van der Waals surface area contributed by atoms with Gasteiger partial charge in [-0.3, -0.25) is 0 Å². The van der Waals surface area contributed by atoms with E-state index in [1.165, 1.54) is 11.8 Å². The highest BCUT2D eigenvalue weighted by atomic mass is 32.2. The molecular weight excluding hydrogens is 258 g/mol. The van der Waals surface area contributed by atoms with Crippen LogP contribution in [-0.4, -0.2) is 10.2 Å². The van der Waals surface area contributed by atoms with Crippen LogP contribution in [0.3, 0.4) is 0 Å². The molecule has 3 nitrogen and oxygen atoms in total. The summed E-state index contributed by atoms with van der Waals surface area (Å²) in [6, 6.07) is 14.8. The molecule has 1 aliphatic rings. The normalized spacial score (nSPS) is 23.1. The van der Waals surface area contributed by atoms with E-state index in [0.29, 0.717) is 5.56 Å². The number of hydrogen-bond acceptors (Lipinski definition) is 4. The van der Waals surface area contributed by atoms with Crippen LogP contribution in [-0.2, 0) is 0 Å². The molecule has 0 aromatic heterocycles. The molecule has 2 atom stereocenters. The molecule has 0 radical (unpaired) electrons. The molecule has 3 rings (SSSR count). The first-order valence-electron chi connectivity index (χ1n) is 6.17. The number of hydrogen-bond donors (Lipinski definition) is 1. The molecule has 0 fully saturated rings. The van der Waals surface area contributed by atoms with Crippen LogP contribution in [0, 0.1) is 5.21 Å². The number of aromatic hydroxyl groups is 1. The lowest BCUT2D eigenvalue weighted by Gasteiger charge is -2.46. The van der Waals surface area contributed by atoms with Gasteiger partial charge in [0.05, 0.1) is 5.37 Å². The van der Waals surface area contributed by atoms with Gasteiger partial charge in [0.1, 0.15) is 5.75 Å². The zero-order valence-corrected chi connectivity index (χ0v) is 11.3. The first-order chi connectivity index (χ1) is 9.18. The first-order valence-corrected chi connectivity index (χ1v) is 7.05. The van der Waals surface area contributed by atoms with Crippen LogP contribution in [0.5, 0.6) is 5.75 Å². The minimum absolute atomic E-state index is 0.174. The first kappa shape index (κ1) is 12.5. The topological polar surface area (TPSA) is 46.5 Å². The van der Waals surface area contributed by atoms with Crippen molar-refractivity contribution in [3.05, 3.63) is 64.9 Å². The van der Waals surface area contributed by atoms with Gasteiger partial charge in [0.2, 0.25) is 0 Å². The number of phenolic OH excluding ortho intramolecular Hbond substituents is 1. The van der Waals surface area contributed by atoms with Gasteiger partial charge in [-0.05, 0) is 24.6 Å². The van der Waals surface area contributed by atoms with Crippen molar-refractivity contribution in [2.45, 2.75) is 23.2 Å². The molecule has 2 aromatic carbocycles. The number of nitrogens with zero attached hydrogens (tertiary/aromatic N) is 1. The Labute approximate surface area is 116 Å². The van der Waals surface area contributed by atoms with Gasteiger partial charge in [-0.2, -0.15) is 0 Å². The smallest absolute Gasteiger partial charge is 0.121 e. The number of rotatable bonds is 1. The number of fused-ring (bicyclic) bond motifs is 1. The second-order valence-electron chi connectivity index (χ2n) is 4.60. The van der Waals surface area contributed by atoms with Gasteiger partial charge in [-0.1, -0.05) is 36.4 Å². The summed E-state index contributed by atoms with van der Waals surface area (Å²) in [5.74, 6) is 0.174. The third-order valence-corrected chi connectivity index (χ3v) is 4.73. The Kier molecular flexibility index (Phi) is 3.22. The quantitative estimate of drug-likeness (QED) is 0.850. The van der Waals surface area contributed by atoms with Gasteiger partial charge in [0.15, 0.2) is 0 Å². The molecule has 2 aromatic rings. The second-order valence-corrected chi connectivity index (χ2v) is 5.72. The second kappa shape index (κ2) is 4.89. The Balaban J connectivity index is 2.04. The van der Waals surface area contributed by atoms with Gasteiger partial charge in [-0.25, -0.2) is 0 Å². The number of para-hydroxylation sites is 1. The molecule has 0 saturated carbocycles. The molecule has 1 heterocycles. The number of hydroxylamine groups is 2. The Morgan fingerprint density at radius 1 is 1.05 bits per heavy atom. The summed E-state index contributed by atoms with van der Waals surface area (Å²) in [4.78, 5) is 1.11. The van der Waals surface area contributed by atoms with Gasteiger partial charge < -0.3 is 15.4 Å². The molecule has 0 amide bonds. The van der Waals surface area contributed by atoms with E-state index in [1.54, 1.807) is 18.2 Å². The standard InChI is InChI=1S/C15H14NO2S/c1-10-11-6-3-5-9-14(11)19-15(16(10)18)12-7-2-4-8-13(12)17/h2-10,15,17H,1H3/q-1. The zero-order valence-electron chi connectivity index (χ0n) is 10.5. The van der Waals surface area contributed by atoms with Gasteiger partial charge in [0.25, 0.3) is 0 Å². The van der Waals surface area contributed by atoms with E-state index in [9.17, 15) is 10.3 Å². The van der Waals surface area contributed by atoms with E-state index in [2.05, 4.69) is 0 Å². The van der Waals surface area contributed by atoms with Crippen molar-refractivity contribution >= 4 is 11.8 Å². The SMILES string of the molecule is CC1c2ccccc2SC(c2ccccc2O)N1[O-]. The van der Waals surface area contributed by atoms with E-state index in [1.807, 2.05) is 37.3 Å². The average molecular weight is 272 g/mol. The van der Waals surface area contributed by atoms with Crippen molar-refractivity contribution in [2.24, 2.45) is 0 Å². The lowest BCUT2D eigenvalue weighted by molar-refractivity contribution is 0.269. The van der Waals surface area contributed by atoms with Crippen molar-refractivity contribution in [2.75, 3.05) is 0 Å². The Morgan fingerprint density at radius 2 is 1.68 bits per heavy atom. The molecule has 19 heavy (non-hydrogen) atoms. The fraction of sp³-hybridized carbons (Fsp3) is 0.200. The van der Waals surface area contributed by atoms with Crippen LogP contribution < -0.4 is 0 Å². The molecule has 0 bridgehead atoms. The van der Waals surface area contributed by atoms with E-state index < -0.39 is 5.37 Å². The summed E-state index contributed by atoms with van der Waals surface area (Å²) in [6.45, 7) is 1.90. The predicted octanol–water partition coefficient (Wildman–Crippen LogP) is 4.06. The lowest BCUT2D eigenvalue weighted by Crippen LogP contribution is -2.28. The Morgan fingerprint density at radius 3 is 2.42 bits per heavy atom. The Hall–Kier alpha value is -1.49. The van der Waals surface area contributed by atoms with E-state index >= 15 is 0 Å². The molecular formula is C15H14NO2S-. The Bertz CT molecular complexity index is 602. The van der Waals surface area contributed by atoms with Gasteiger partial charge in [-0.15, -0.1) is 11.8 Å². The van der Waals surface area contributed by atoms with E-state index in [0.717, 1.165) is 15.5 Å². The van der Waals surface area contributed by atoms with Crippen molar-refractivity contribution in [3.63, 3.8) is 0 Å². The summed E-state index contributed by atoms with van der Waals surface area (Å²) in [6.07, 6.45) is 0. The van der Waals surface area contributed by atoms with Crippen LogP contribution in [0.15, 0.2) is 53.4 Å². The minimum Gasteiger partial charge on any atom is -0.784 e. The highest BCUT2D eigenvalue weighted by Crippen LogP contribution is 2.50. The molecule has 1 N–H and O–H groups in total. The van der Waals surface area contributed by atoms with Crippen molar-refractivity contribution in [1.82, 2.24) is 5.06 Å².